The summed E-state index contributed by atoms with van der Waals surface area (Å²) in [5.41, 5.74) is 11.7. The molecule has 6 aromatic carbocycles. The smallest absolute Gasteiger partial charge is 0.210 e. The Morgan fingerprint density at radius 1 is 0.460 bits per heavy atom. The molecular weight excluding hydrogens is 635 g/mol. The summed E-state index contributed by atoms with van der Waals surface area (Å²) in [7, 11) is -3.92. The predicted molar refractivity (Wildman–Crippen MR) is 205 cm³/mol. The first-order valence-corrected chi connectivity index (χ1v) is 18.8. The van der Waals surface area contributed by atoms with E-state index in [1.54, 1.807) is 0 Å². The summed E-state index contributed by atoms with van der Waals surface area (Å²) in [6.45, 7) is 11.7. The Morgan fingerprint density at radius 3 is 1.10 bits per heavy atom. The molecule has 9 rings (SSSR count). The van der Waals surface area contributed by atoms with E-state index in [-0.39, 0.29) is 10.8 Å². The molecule has 0 spiro atoms. The van der Waals surface area contributed by atoms with E-state index in [9.17, 15) is 8.42 Å². The number of anilines is 8. The van der Waals surface area contributed by atoms with E-state index in [2.05, 4.69) is 159 Å². The zero-order chi connectivity index (χ0) is 34.6. The maximum atomic E-state index is 15.0. The molecule has 248 valence electrons. The summed E-state index contributed by atoms with van der Waals surface area (Å²) < 4.78 is 29.9. The lowest BCUT2D eigenvalue weighted by molar-refractivity contribution is 0.594. The minimum Gasteiger partial charge on any atom is -0.340 e. The summed E-state index contributed by atoms with van der Waals surface area (Å²) in [5.74, 6) is 0. The van der Waals surface area contributed by atoms with Gasteiger partial charge in [-0.3, -0.25) is 0 Å². The van der Waals surface area contributed by atoms with Crippen LogP contribution in [-0.4, -0.2) is 15.0 Å². The van der Waals surface area contributed by atoms with Gasteiger partial charge in [0, 0.05) is 28.7 Å². The number of nitrogens with zero attached hydrogens (tertiary/aromatic N) is 3. The molecule has 0 amide bonds. The summed E-state index contributed by atoms with van der Waals surface area (Å²) in [4.78, 5) is 7.21. The molecule has 5 nitrogen and oxygen atoms in total. The summed E-state index contributed by atoms with van der Waals surface area (Å²) in [6, 6.07) is 45.7. The molecular formula is C44H39N3O2S. The molecule has 3 aliphatic rings. The molecule has 0 saturated carbocycles. The van der Waals surface area contributed by atoms with Gasteiger partial charge in [0.25, 0.3) is 0 Å². The largest absolute Gasteiger partial charge is 0.340 e. The first-order valence-electron chi connectivity index (χ1n) is 17.3. The van der Waals surface area contributed by atoms with E-state index in [0.29, 0.717) is 27.7 Å². The van der Waals surface area contributed by atoms with Crippen LogP contribution in [0.1, 0.15) is 56.9 Å². The lowest BCUT2D eigenvalue weighted by atomic mass is 9.73. The van der Waals surface area contributed by atoms with Crippen molar-refractivity contribution in [3.8, 4) is 0 Å². The molecule has 3 aliphatic heterocycles. The maximum Gasteiger partial charge on any atom is 0.210 e. The van der Waals surface area contributed by atoms with Crippen molar-refractivity contribution in [3.63, 3.8) is 0 Å². The van der Waals surface area contributed by atoms with E-state index in [1.807, 2.05) is 24.3 Å². The van der Waals surface area contributed by atoms with Crippen molar-refractivity contribution in [2.24, 2.45) is 0 Å². The summed E-state index contributed by atoms with van der Waals surface area (Å²) in [5, 5.41) is 0. The van der Waals surface area contributed by atoms with Crippen molar-refractivity contribution in [1.29, 1.82) is 0 Å². The normalized spacial score (nSPS) is 17.1. The molecule has 0 aliphatic carbocycles. The fraction of sp³-hybridized carbons (Fsp3) is 0.182. The van der Waals surface area contributed by atoms with Gasteiger partial charge < -0.3 is 14.7 Å². The molecule has 0 bridgehead atoms. The highest BCUT2D eigenvalue weighted by Gasteiger charge is 2.40. The lowest BCUT2D eigenvalue weighted by Gasteiger charge is -2.43. The van der Waals surface area contributed by atoms with Gasteiger partial charge in [0.05, 0.1) is 43.9 Å². The van der Waals surface area contributed by atoms with Gasteiger partial charge in [0.2, 0.25) is 9.84 Å². The third-order valence-corrected chi connectivity index (χ3v) is 13.0. The highest BCUT2D eigenvalue weighted by atomic mass is 32.2. The van der Waals surface area contributed by atoms with Crippen molar-refractivity contribution in [2.75, 3.05) is 21.2 Å². The average Bonchev–Trinajstić information content (AvgIpc) is 3.13. The Bertz CT molecular complexity index is 2220. The topological polar surface area (TPSA) is 43.9 Å². The van der Waals surface area contributed by atoms with Crippen LogP contribution < -0.4 is 14.7 Å². The molecule has 0 N–H and O–H groups in total. The monoisotopic (exact) mass is 673 g/mol. The first kappa shape index (κ1) is 30.7. The van der Waals surface area contributed by atoms with Crippen LogP contribution in [0.2, 0.25) is 0 Å². The maximum absolute atomic E-state index is 15.0. The fourth-order valence-corrected chi connectivity index (χ4v) is 10.3. The van der Waals surface area contributed by atoms with E-state index in [4.69, 9.17) is 0 Å². The minimum absolute atomic E-state index is 0.209. The second kappa shape index (κ2) is 10.6. The molecule has 0 saturated heterocycles. The van der Waals surface area contributed by atoms with Crippen LogP contribution >= 0.6 is 0 Å². The van der Waals surface area contributed by atoms with Crippen LogP contribution in [-0.2, 0) is 20.7 Å². The van der Waals surface area contributed by atoms with Crippen LogP contribution in [0.15, 0.2) is 143 Å². The van der Waals surface area contributed by atoms with Crippen LogP contribution in [0.5, 0.6) is 0 Å². The molecule has 6 heteroatoms. The fourth-order valence-electron chi connectivity index (χ4n) is 8.64. The van der Waals surface area contributed by atoms with Gasteiger partial charge >= 0.3 is 0 Å². The van der Waals surface area contributed by atoms with Crippen LogP contribution in [0, 0.1) is 0 Å². The van der Waals surface area contributed by atoms with Gasteiger partial charge in [-0.25, -0.2) is 8.42 Å². The van der Waals surface area contributed by atoms with Crippen LogP contribution in [0.3, 0.4) is 0 Å². The number of rotatable bonds is 3. The van der Waals surface area contributed by atoms with Gasteiger partial charge in [0.15, 0.2) is 0 Å². The van der Waals surface area contributed by atoms with Crippen molar-refractivity contribution in [3.05, 3.63) is 156 Å². The number of sulfone groups is 1. The molecule has 6 aromatic rings. The summed E-state index contributed by atoms with van der Waals surface area (Å²) in [6.07, 6.45) is 0. The van der Waals surface area contributed by atoms with E-state index < -0.39 is 9.84 Å². The van der Waals surface area contributed by atoms with E-state index in [0.717, 1.165) is 34.1 Å². The highest BCUT2D eigenvalue weighted by molar-refractivity contribution is 7.92. The molecule has 0 fully saturated rings. The highest BCUT2D eigenvalue weighted by Crippen LogP contribution is 2.55. The van der Waals surface area contributed by atoms with Gasteiger partial charge in [0.1, 0.15) is 0 Å². The van der Waals surface area contributed by atoms with Gasteiger partial charge in [-0.15, -0.1) is 0 Å². The number of benzene rings is 6. The Morgan fingerprint density at radius 2 is 0.780 bits per heavy atom. The SMILES string of the molecule is CCN1c2ccc(N3c4ccccc4C(C)(C)c4ccccc43)cc2S(=O)(=O)c2cc(N3c4ccccc4C(C)(C)c4ccccc43)ccc21. The van der Waals surface area contributed by atoms with E-state index >= 15 is 0 Å². The zero-order valence-corrected chi connectivity index (χ0v) is 29.8. The Hall–Kier alpha value is -5.33. The Kier molecular flexibility index (Phi) is 6.50. The second-order valence-corrected chi connectivity index (χ2v) is 16.4. The van der Waals surface area contributed by atoms with E-state index in [1.165, 1.54) is 22.3 Å². The number of hydrogen-bond donors (Lipinski definition) is 0. The minimum atomic E-state index is -3.92. The lowest BCUT2D eigenvalue weighted by Crippen LogP contribution is -2.31. The molecule has 0 aromatic heterocycles. The first-order chi connectivity index (χ1) is 24.0. The van der Waals surface area contributed by atoms with Gasteiger partial charge in [-0.05, 0) is 89.8 Å². The number of hydrogen-bond acceptors (Lipinski definition) is 5. The van der Waals surface area contributed by atoms with Crippen molar-refractivity contribution < 1.29 is 8.42 Å². The van der Waals surface area contributed by atoms with Crippen LogP contribution in [0.25, 0.3) is 0 Å². The summed E-state index contributed by atoms with van der Waals surface area (Å²) >= 11 is 0. The van der Waals surface area contributed by atoms with Gasteiger partial charge in [-0.2, -0.15) is 0 Å². The predicted octanol–water partition coefficient (Wildman–Crippen LogP) is 11.2. The Labute approximate surface area is 295 Å². The molecule has 0 atom stereocenters. The quantitative estimate of drug-likeness (QED) is 0.187. The van der Waals surface area contributed by atoms with Crippen molar-refractivity contribution in [2.45, 2.75) is 55.2 Å². The third-order valence-electron chi connectivity index (χ3n) is 11.2. The van der Waals surface area contributed by atoms with Crippen molar-refractivity contribution in [1.82, 2.24) is 0 Å². The number of fused-ring (bicyclic) bond motifs is 6. The van der Waals surface area contributed by atoms with Gasteiger partial charge in [-0.1, -0.05) is 100 Å². The molecule has 50 heavy (non-hydrogen) atoms. The average molecular weight is 674 g/mol. The van der Waals surface area contributed by atoms with Crippen LogP contribution in [0.4, 0.5) is 45.5 Å². The zero-order valence-electron chi connectivity index (χ0n) is 29.0. The second-order valence-electron chi connectivity index (χ2n) is 14.5. The molecule has 0 radical (unpaired) electrons. The molecule has 0 unspecified atom stereocenters. The number of para-hydroxylation sites is 4. The molecule has 3 heterocycles. The van der Waals surface area contributed by atoms with Crippen molar-refractivity contribution >= 4 is 55.3 Å². The third kappa shape index (κ3) is 4.09. The standard InChI is InChI=1S/C44H39N3O2S/c1-6-45-39-25-23-29(46-35-19-11-7-15-31(35)43(2,3)32-16-8-12-20-36(32)46)27-41(39)50(48,49)42-28-30(24-26-40(42)45)47-37-21-13-9-17-33(37)44(4,5)34-18-10-14-22-38(34)47/h7-28H,6H2,1-5H3. The Balaban J connectivity index is 1.22.